The van der Waals surface area contributed by atoms with Crippen LogP contribution in [0, 0.1) is 11.7 Å². The smallest absolute Gasteiger partial charge is 0.243 e. The third-order valence-electron chi connectivity index (χ3n) is 4.66. The van der Waals surface area contributed by atoms with E-state index < -0.39 is 15.8 Å². The molecule has 0 bridgehead atoms. The fourth-order valence-electron chi connectivity index (χ4n) is 3.23. The van der Waals surface area contributed by atoms with E-state index >= 15 is 0 Å². The van der Waals surface area contributed by atoms with Crippen molar-refractivity contribution in [2.45, 2.75) is 30.6 Å². The lowest BCUT2D eigenvalue weighted by Gasteiger charge is -2.31. The van der Waals surface area contributed by atoms with Crippen LogP contribution in [0.15, 0.2) is 53.7 Å². The van der Waals surface area contributed by atoms with Crippen LogP contribution in [-0.4, -0.2) is 36.7 Å². The summed E-state index contributed by atoms with van der Waals surface area (Å²) in [6, 6.07) is 8.39. The summed E-state index contributed by atoms with van der Waals surface area (Å²) < 4.78 is 40.0. The van der Waals surface area contributed by atoms with Gasteiger partial charge >= 0.3 is 0 Å². The number of nitrogens with one attached hydrogen (secondary N) is 1. The number of rotatable bonds is 6. The minimum atomic E-state index is -3.64. The molecule has 1 aromatic carbocycles. The Balaban J connectivity index is 1.56. The number of sulfonamides is 1. The minimum absolute atomic E-state index is 0.0962. The molecule has 0 saturated carbocycles. The zero-order chi connectivity index (χ0) is 19.3. The standard InChI is InChI=1S/C19H22FN3O3S/c20-16-6-8-18(9-7-16)27(25,26)23-12-2-3-15(14-23)5-10-19(24)22-17-4-1-11-21-13-17/h1,4,6-9,11,13,15H,2-3,5,10,12,14H2,(H,22,24). The van der Waals surface area contributed by atoms with Crippen LogP contribution < -0.4 is 5.32 Å². The quantitative estimate of drug-likeness (QED) is 0.821. The van der Waals surface area contributed by atoms with Gasteiger partial charge in [0, 0.05) is 25.7 Å². The Labute approximate surface area is 158 Å². The molecular weight excluding hydrogens is 369 g/mol. The number of hydrogen-bond donors (Lipinski definition) is 1. The molecule has 1 saturated heterocycles. The molecule has 2 aromatic rings. The van der Waals surface area contributed by atoms with E-state index in [-0.39, 0.29) is 16.7 Å². The van der Waals surface area contributed by atoms with E-state index in [1.165, 1.54) is 16.4 Å². The van der Waals surface area contributed by atoms with Gasteiger partial charge in [0.05, 0.1) is 16.8 Å². The second-order valence-electron chi connectivity index (χ2n) is 6.65. The highest BCUT2D eigenvalue weighted by atomic mass is 32.2. The number of benzene rings is 1. The van der Waals surface area contributed by atoms with Gasteiger partial charge in [-0.25, -0.2) is 12.8 Å². The number of carbonyl (C=O) groups excluding carboxylic acids is 1. The first kappa shape index (κ1) is 19.4. The molecule has 1 fully saturated rings. The molecule has 8 heteroatoms. The Morgan fingerprint density at radius 1 is 1.26 bits per heavy atom. The van der Waals surface area contributed by atoms with Gasteiger partial charge in [-0.1, -0.05) is 0 Å². The molecule has 1 aliphatic rings. The lowest BCUT2D eigenvalue weighted by molar-refractivity contribution is -0.116. The van der Waals surface area contributed by atoms with Gasteiger partial charge in [0.25, 0.3) is 0 Å². The Morgan fingerprint density at radius 2 is 2.04 bits per heavy atom. The Bertz CT molecular complexity index is 873. The molecule has 1 unspecified atom stereocenters. The van der Waals surface area contributed by atoms with Crippen LogP contribution in [0.2, 0.25) is 0 Å². The maximum Gasteiger partial charge on any atom is 0.243 e. The predicted octanol–water partition coefficient (Wildman–Crippen LogP) is 3.04. The van der Waals surface area contributed by atoms with Gasteiger partial charge in [0.15, 0.2) is 0 Å². The molecule has 6 nitrogen and oxygen atoms in total. The molecule has 0 radical (unpaired) electrons. The minimum Gasteiger partial charge on any atom is -0.325 e. The van der Waals surface area contributed by atoms with Crippen molar-refractivity contribution >= 4 is 21.6 Å². The number of halogens is 1. The predicted molar refractivity (Wildman–Crippen MR) is 100.0 cm³/mol. The van der Waals surface area contributed by atoms with Gasteiger partial charge in [-0.3, -0.25) is 9.78 Å². The summed E-state index contributed by atoms with van der Waals surface area (Å²) in [5.41, 5.74) is 0.645. The van der Waals surface area contributed by atoms with Gasteiger partial charge < -0.3 is 5.32 Å². The molecule has 1 N–H and O–H groups in total. The first-order valence-corrected chi connectivity index (χ1v) is 10.3. The summed E-state index contributed by atoms with van der Waals surface area (Å²) >= 11 is 0. The van der Waals surface area contributed by atoms with Crippen molar-refractivity contribution in [3.63, 3.8) is 0 Å². The highest BCUT2D eigenvalue weighted by molar-refractivity contribution is 7.89. The molecule has 1 aliphatic heterocycles. The van der Waals surface area contributed by atoms with Crippen LogP contribution in [-0.2, 0) is 14.8 Å². The molecule has 144 valence electrons. The Morgan fingerprint density at radius 3 is 2.74 bits per heavy atom. The summed E-state index contributed by atoms with van der Waals surface area (Å²) in [5, 5.41) is 2.79. The van der Waals surface area contributed by atoms with Gasteiger partial charge in [0.1, 0.15) is 5.82 Å². The number of carbonyl (C=O) groups is 1. The highest BCUT2D eigenvalue weighted by Gasteiger charge is 2.30. The third kappa shape index (κ3) is 5.11. The van der Waals surface area contributed by atoms with Gasteiger partial charge in [-0.2, -0.15) is 4.31 Å². The van der Waals surface area contributed by atoms with Crippen LogP contribution in [0.4, 0.5) is 10.1 Å². The molecule has 0 aliphatic carbocycles. The highest BCUT2D eigenvalue weighted by Crippen LogP contribution is 2.26. The van der Waals surface area contributed by atoms with E-state index in [0.29, 0.717) is 31.6 Å². The van der Waals surface area contributed by atoms with Crippen LogP contribution in [0.3, 0.4) is 0 Å². The summed E-state index contributed by atoms with van der Waals surface area (Å²) in [6.45, 7) is 0.817. The number of anilines is 1. The van der Waals surface area contributed by atoms with Crippen molar-refractivity contribution in [2.75, 3.05) is 18.4 Å². The number of pyridine rings is 1. The van der Waals surface area contributed by atoms with Crippen molar-refractivity contribution < 1.29 is 17.6 Å². The first-order valence-electron chi connectivity index (χ1n) is 8.91. The molecule has 2 heterocycles. The van der Waals surface area contributed by atoms with Crippen LogP contribution >= 0.6 is 0 Å². The molecule has 0 spiro atoms. The first-order chi connectivity index (χ1) is 12.9. The number of piperidine rings is 1. The largest absolute Gasteiger partial charge is 0.325 e. The maximum atomic E-state index is 13.1. The fraction of sp³-hybridized carbons (Fsp3) is 0.368. The second kappa shape index (κ2) is 8.58. The molecular formula is C19H22FN3O3S. The van der Waals surface area contributed by atoms with Crippen LogP contribution in [0.1, 0.15) is 25.7 Å². The van der Waals surface area contributed by atoms with Gasteiger partial charge in [0.2, 0.25) is 15.9 Å². The molecule has 1 atom stereocenters. The molecule has 27 heavy (non-hydrogen) atoms. The molecule has 1 amide bonds. The zero-order valence-electron chi connectivity index (χ0n) is 14.8. The molecule has 1 aromatic heterocycles. The van der Waals surface area contributed by atoms with E-state index in [0.717, 1.165) is 25.0 Å². The van der Waals surface area contributed by atoms with E-state index in [1.807, 2.05) is 0 Å². The van der Waals surface area contributed by atoms with Crippen molar-refractivity contribution in [2.24, 2.45) is 5.92 Å². The second-order valence-corrected chi connectivity index (χ2v) is 8.59. The average molecular weight is 391 g/mol. The normalized spacial score (nSPS) is 18.2. The molecule has 3 rings (SSSR count). The van der Waals surface area contributed by atoms with Crippen molar-refractivity contribution in [1.82, 2.24) is 9.29 Å². The number of hydrogen-bond acceptors (Lipinski definition) is 4. The lowest BCUT2D eigenvalue weighted by atomic mass is 9.94. The average Bonchev–Trinajstić information content (AvgIpc) is 2.68. The number of nitrogens with zero attached hydrogens (tertiary/aromatic N) is 2. The topological polar surface area (TPSA) is 79.4 Å². The van der Waals surface area contributed by atoms with Crippen molar-refractivity contribution in [3.05, 3.63) is 54.6 Å². The van der Waals surface area contributed by atoms with Crippen LogP contribution in [0.5, 0.6) is 0 Å². The SMILES string of the molecule is O=C(CCC1CCCN(S(=O)(=O)c2ccc(F)cc2)C1)Nc1cccnc1. The Kier molecular flexibility index (Phi) is 6.18. The van der Waals surface area contributed by atoms with E-state index in [2.05, 4.69) is 10.3 Å². The van der Waals surface area contributed by atoms with Crippen LogP contribution in [0.25, 0.3) is 0 Å². The van der Waals surface area contributed by atoms with E-state index in [1.54, 1.807) is 24.5 Å². The summed E-state index contributed by atoms with van der Waals surface area (Å²) in [7, 11) is -3.64. The summed E-state index contributed by atoms with van der Waals surface area (Å²) in [5.74, 6) is -0.458. The fourth-order valence-corrected chi connectivity index (χ4v) is 4.79. The van der Waals surface area contributed by atoms with Crippen molar-refractivity contribution in [1.29, 1.82) is 0 Å². The van der Waals surface area contributed by atoms with E-state index in [4.69, 9.17) is 0 Å². The van der Waals surface area contributed by atoms with E-state index in [9.17, 15) is 17.6 Å². The summed E-state index contributed by atoms with van der Waals surface area (Å²) in [4.78, 5) is 16.1. The summed E-state index contributed by atoms with van der Waals surface area (Å²) in [6.07, 6.45) is 5.78. The maximum absolute atomic E-state index is 13.1. The number of amides is 1. The lowest BCUT2D eigenvalue weighted by Crippen LogP contribution is -2.40. The van der Waals surface area contributed by atoms with Crippen molar-refractivity contribution in [3.8, 4) is 0 Å². The Hall–Kier alpha value is -2.32. The monoisotopic (exact) mass is 391 g/mol. The third-order valence-corrected chi connectivity index (χ3v) is 6.54. The van der Waals surface area contributed by atoms with Gasteiger partial charge in [-0.05, 0) is 61.6 Å². The zero-order valence-corrected chi connectivity index (χ0v) is 15.7. The van der Waals surface area contributed by atoms with Gasteiger partial charge in [-0.15, -0.1) is 0 Å². The number of aromatic nitrogens is 1.